The fraction of sp³-hybridized carbons (Fsp3) is 0.455. The summed E-state index contributed by atoms with van der Waals surface area (Å²) >= 11 is 0. The normalized spacial score (nSPS) is 11.8. The highest BCUT2D eigenvalue weighted by Gasteiger charge is 1.98. The summed E-state index contributed by atoms with van der Waals surface area (Å²) in [6.45, 7) is -1.62. The van der Waals surface area contributed by atoms with Crippen LogP contribution in [-0.2, 0) is 10.8 Å². The number of aliphatic hydroxyl groups is 2. The van der Waals surface area contributed by atoms with E-state index in [1.807, 2.05) is 6.07 Å². The average molecular weight is 244 g/mol. The average Bonchev–Trinajstić information content (AvgIpc) is 2.23. The molecule has 1 rings (SSSR count). The van der Waals surface area contributed by atoms with Crippen molar-refractivity contribution >= 4 is 9.76 Å². The van der Waals surface area contributed by atoms with E-state index >= 15 is 0 Å². The van der Waals surface area contributed by atoms with Gasteiger partial charge in [-0.25, -0.2) is 4.39 Å². The molecule has 1 aromatic carbocycles. The van der Waals surface area contributed by atoms with Crippen LogP contribution < -0.4 is 0 Å². The second-order valence-electron chi connectivity index (χ2n) is 3.64. The molecule has 0 amide bonds. The minimum Gasteiger partial charge on any atom is -0.379 e. The Hall–Kier alpha value is -0.753. The number of aryl methyl sites for hydroxylation is 1. The van der Waals surface area contributed by atoms with Gasteiger partial charge in [0.2, 0.25) is 0 Å². The summed E-state index contributed by atoms with van der Waals surface area (Å²) < 4.78 is 17.5. The van der Waals surface area contributed by atoms with Crippen molar-refractivity contribution in [3.63, 3.8) is 0 Å². The zero-order chi connectivity index (χ0) is 11.8. The zero-order valence-corrected chi connectivity index (χ0v) is 10.5. The first kappa shape index (κ1) is 13.3. The van der Waals surface area contributed by atoms with Gasteiger partial charge in [0.25, 0.3) is 6.48 Å². The monoisotopic (exact) mass is 244 g/mol. The van der Waals surface area contributed by atoms with Gasteiger partial charge in [-0.3, -0.25) is 0 Å². The molecule has 1 aromatic rings. The van der Waals surface area contributed by atoms with Gasteiger partial charge in [-0.2, -0.15) is 0 Å². The smallest absolute Gasteiger partial charge is 0.256 e. The molecule has 0 heterocycles. The number of benzene rings is 1. The summed E-state index contributed by atoms with van der Waals surface area (Å²) in [5.74, 6) is -0.196. The summed E-state index contributed by atoms with van der Waals surface area (Å²) in [7, 11) is -0.818. The summed E-state index contributed by atoms with van der Waals surface area (Å²) in [6, 6.07) is 7.52. The highest BCUT2D eigenvalue weighted by Crippen LogP contribution is 2.08. The Morgan fingerprint density at radius 2 is 2.12 bits per heavy atom. The second kappa shape index (κ2) is 7.51. The Labute approximate surface area is 96.8 Å². The van der Waals surface area contributed by atoms with Gasteiger partial charge in [0.05, 0.1) is 0 Å². The first-order chi connectivity index (χ1) is 7.68. The van der Waals surface area contributed by atoms with Gasteiger partial charge in [-0.15, -0.1) is 0 Å². The van der Waals surface area contributed by atoms with E-state index in [-0.39, 0.29) is 5.82 Å². The molecule has 3 nitrogen and oxygen atoms in total. The Morgan fingerprint density at radius 3 is 2.81 bits per heavy atom. The molecular weight excluding hydrogens is 227 g/mol. The number of hydrogen-bond donors (Lipinski definition) is 2. The molecule has 0 spiro atoms. The highest BCUT2D eigenvalue weighted by molar-refractivity contribution is 6.26. The predicted octanol–water partition coefficient (Wildman–Crippen LogP) is 0.935. The molecule has 0 bridgehead atoms. The van der Waals surface area contributed by atoms with Gasteiger partial charge in [0.1, 0.15) is 5.82 Å². The summed E-state index contributed by atoms with van der Waals surface area (Å²) in [4.78, 5) is 0. The SMILES string of the molecule is OC(O)O[SiH2]CCCCc1cccc(F)c1. The summed E-state index contributed by atoms with van der Waals surface area (Å²) in [5.41, 5.74) is 1.00. The van der Waals surface area contributed by atoms with Crippen LogP contribution in [0.3, 0.4) is 0 Å². The molecule has 16 heavy (non-hydrogen) atoms. The Bertz CT molecular complexity index is 307. The molecule has 2 N–H and O–H groups in total. The lowest BCUT2D eigenvalue weighted by Crippen LogP contribution is -2.13. The van der Waals surface area contributed by atoms with Crippen LogP contribution in [0.1, 0.15) is 18.4 Å². The molecule has 5 heteroatoms. The topological polar surface area (TPSA) is 49.7 Å². The third kappa shape index (κ3) is 5.97. The van der Waals surface area contributed by atoms with Crippen LogP contribution in [0.2, 0.25) is 6.04 Å². The predicted molar refractivity (Wildman–Crippen MR) is 62.0 cm³/mol. The quantitative estimate of drug-likeness (QED) is 0.426. The molecule has 0 aliphatic rings. The summed E-state index contributed by atoms with van der Waals surface area (Å²) in [5, 5.41) is 16.9. The third-order valence-electron chi connectivity index (χ3n) is 2.27. The van der Waals surface area contributed by atoms with Gasteiger partial charge in [0.15, 0.2) is 9.76 Å². The van der Waals surface area contributed by atoms with Crippen LogP contribution in [0.5, 0.6) is 0 Å². The minimum absolute atomic E-state index is 0.196. The molecular formula is C11H17FO3Si. The Morgan fingerprint density at radius 1 is 1.31 bits per heavy atom. The highest BCUT2D eigenvalue weighted by atomic mass is 28.2. The van der Waals surface area contributed by atoms with Crippen LogP contribution in [0, 0.1) is 5.82 Å². The lowest BCUT2D eigenvalue weighted by atomic mass is 10.1. The van der Waals surface area contributed by atoms with Crippen molar-refractivity contribution in [3.8, 4) is 0 Å². The van der Waals surface area contributed by atoms with Crippen molar-refractivity contribution in [2.45, 2.75) is 31.8 Å². The number of halogens is 1. The van der Waals surface area contributed by atoms with Crippen LogP contribution in [0.4, 0.5) is 4.39 Å². The first-order valence-electron chi connectivity index (χ1n) is 5.40. The molecule has 0 aliphatic carbocycles. The number of hydrogen-bond acceptors (Lipinski definition) is 3. The maximum atomic E-state index is 12.8. The summed E-state index contributed by atoms with van der Waals surface area (Å²) in [6.07, 6.45) is 2.81. The van der Waals surface area contributed by atoms with E-state index in [1.54, 1.807) is 12.1 Å². The standard InChI is InChI=1S/C11H17FO3Si/c12-10-6-3-5-9(8-10)4-1-2-7-16-15-11(13)14/h3,5-6,8,11,13-14H,1-2,4,7,16H2. The van der Waals surface area contributed by atoms with Gasteiger partial charge < -0.3 is 14.6 Å². The zero-order valence-electron chi connectivity index (χ0n) is 9.10. The number of rotatable bonds is 7. The van der Waals surface area contributed by atoms with E-state index in [1.165, 1.54) is 6.07 Å². The van der Waals surface area contributed by atoms with Crippen LogP contribution in [0.25, 0.3) is 0 Å². The Balaban J connectivity index is 2.07. The second-order valence-corrected chi connectivity index (χ2v) is 5.09. The lowest BCUT2D eigenvalue weighted by molar-refractivity contribution is -0.180. The maximum Gasteiger partial charge on any atom is 0.256 e. The van der Waals surface area contributed by atoms with Gasteiger partial charge in [0, 0.05) is 0 Å². The van der Waals surface area contributed by atoms with Crippen molar-refractivity contribution in [1.82, 2.24) is 0 Å². The van der Waals surface area contributed by atoms with Gasteiger partial charge in [-0.1, -0.05) is 18.6 Å². The van der Waals surface area contributed by atoms with Crippen molar-refractivity contribution in [1.29, 1.82) is 0 Å². The molecule has 90 valence electrons. The molecule has 0 fully saturated rings. The molecule has 0 aromatic heterocycles. The van der Waals surface area contributed by atoms with Crippen molar-refractivity contribution in [2.75, 3.05) is 0 Å². The minimum atomic E-state index is -1.62. The molecule has 0 saturated carbocycles. The fourth-order valence-electron chi connectivity index (χ4n) is 1.49. The molecule has 0 unspecified atom stereocenters. The largest absolute Gasteiger partial charge is 0.379 e. The van der Waals surface area contributed by atoms with E-state index in [4.69, 9.17) is 14.6 Å². The van der Waals surface area contributed by atoms with Crippen LogP contribution >= 0.6 is 0 Å². The van der Waals surface area contributed by atoms with Crippen LogP contribution in [0.15, 0.2) is 24.3 Å². The molecule has 0 aliphatic heterocycles. The molecule has 0 atom stereocenters. The van der Waals surface area contributed by atoms with E-state index in [9.17, 15) is 4.39 Å². The number of unbranched alkanes of at least 4 members (excludes halogenated alkanes) is 1. The van der Waals surface area contributed by atoms with Crippen LogP contribution in [-0.4, -0.2) is 26.5 Å². The van der Waals surface area contributed by atoms with Crippen molar-refractivity contribution < 1.29 is 19.0 Å². The number of aliphatic hydroxyl groups excluding tert-OH is 1. The maximum absolute atomic E-state index is 12.8. The third-order valence-corrected chi connectivity index (χ3v) is 3.59. The first-order valence-corrected chi connectivity index (χ1v) is 6.98. The lowest BCUT2D eigenvalue weighted by Gasteiger charge is -2.05. The fourth-order valence-corrected chi connectivity index (χ4v) is 2.42. The van der Waals surface area contributed by atoms with Crippen molar-refractivity contribution in [2.24, 2.45) is 0 Å². The molecule has 0 saturated heterocycles. The van der Waals surface area contributed by atoms with Gasteiger partial charge in [-0.05, 0) is 36.6 Å². The van der Waals surface area contributed by atoms with E-state index in [0.29, 0.717) is 0 Å². The van der Waals surface area contributed by atoms with Crippen molar-refractivity contribution in [3.05, 3.63) is 35.6 Å². The van der Waals surface area contributed by atoms with E-state index < -0.39 is 16.2 Å². The Kier molecular flexibility index (Phi) is 6.25. The van der Waals surface area contributed by atoms with E-state index in [2.05, 4.69) is 0 Å². The molecule has 0 radical (unpaired) electrons. The van der Waals surface area contributed by atoms with E-state index in [0.717, 1.165) is 30.9 Å². The van der Waals surface area contributed by atoms with Gasteiger partial charge >= 0.3 is 0 Å².